The Hall–Kier alpha value is -4.32. The van der Waals surface area contributed by atoms with E-state index >= 15 is 0 Å². The molecule has 0 aliphatic carbocycles. The van der Waals surface area contributed by atoms with Gasteiger partial charge in [-0.15, -0.1) is 0 Å². The molecule has 0 saturated heterocycles. The Morgan fingerprint density at radius 3 is 2.77 bits per heavy atom. The van der Waals surface area contributed by atoms with Gasteiger partial charge in [0.05, 0.1) is 30.1 Å². The van der Waals surface area contributed by atoms with Crippen molar-refractivity contribution >= 4 is 22.5 Å². The van der Waals surface area contributed by atoms with E-state index in [-0.39, 0.29) is 6.04 Å². The summed E-state index contributed by atoms with van der Waals surface area (Å²) in [4.78, 5) is 13.9. The van der Waals surface area contributed by atoms with Crippen LogP contribution in [-0.4, -0.2) is 61.6 Å². The summed E-state index contributed by atoms with van der Waals surface area (Å²) in [7, 11) is 1.85. The fraction of sp³-hybridized carbons (Fsp3) is 0.429. The zero-order valence-corrected chi connectivity index (χ0v) is 23.5. The second-order valence-electron chi connectivity index (χ2n) is 11.0. The van der Waals surface area contributed by atoms with E-state index in [0.29, 0.717) is 42.9 Å². The highest BCUT2D eigenvalue weighted by molar-refractivity contribution is 5.94. The summed E-state index contributed by atoms with van der Waals surface area (Å²) >= 11 is 0. The molecule has 208 valence electrons. The lowest BCUT2D eigenvalue weighted by Crippen LogP contribution is -2.21. The third-order valence-corrected chi connectivity index (χ3v) is 7.35. The van der Waals surface area contributed by atoms with Crippen LogP contribution in [0.3, 0.4) is 0 Å². The maximum absolute atomic E-state index is 10.2. The van der Waals surface area contributed by atoms with Crippen molar-refractivity contribution in [2.24, 2.45) is 7.05 Å². The van der Waals surface area contributed by atoms with Gasteiger partial charge < -0.3 is 15.2 Å². The van der Waals surface area contributed by atoms with Crippen molar-refractivity contribution in [2.45, 2.75) is 65.1 Å². The number of rotatable bonds is 4. The van der Waals surface area contributed by atoms with Crippen molar-refractivity contribution in [1.82, 2.24) is 44.3 Å². The van der Waals surface area contributed by atoms with Crippen LogP contribution in [0.1, 0.15) is 51.8 Å². The number of aryl methyl sites for hydroxylation is 2. The van der Waals surface area contributed by atoms with E-state index in [1.807, 2.05) is 51.0 Å². The van der Waals surface area contributed by atoms with E-state index in [1.54, 1.807) is 23.1 Å². The smallest absolute Gasteiger partial charge is 0.222 e. The Morgan fingerprint density at radius 2 is 1.95 bits per heavy atom. The number of nitrogens with one attached hydrogen (secondary N) is 1. The van der Waals surface area contributed by atoms with Crippen LogP contribution in [0.4, 0.5) is 11.6 Å². The fourth-order valence-corrected chi connectivity index (χ4v) is 5.03. The van der Waals surface area contributed by atoms with Gasteiger partial charge in [0, 0.05) is 54.7 Å². The van der Waals surface area contributed by atoms with Gasteiger partial charge >= 0.3 is 0 Å². The predicted molar refractivity (Wildman–Crippen MR) is 151 cm³/mol. The van der Waals surface area contributed by atoms with Crippen molar-refractivity contribution in [3.8, 4) is 28.5 Å². The van der Waals surface area contributed by atoms with Crippen molar-refractivity contribution < 1.29 is 9.84 Å². The molecule has 0 radical (unpaired) electrons. The molecule has 0 amide bonds. The molecule has 4 bridgehead atoms. The quantitative estimate of drug-likeness (QED) is 0.338. The average Bonchev–Trinajstić information content (AvgIpc) is 3.59. The van der Waals surface area contributed by atoms with Gasteiger partial charge in [-0.2, -0.15) is 15.3 Å². The van der Waals surface area contributed by atoms with Crippen molar-refractivity contribution in [1.29, 1.82) is 0 Å². The van der Waals surface area contributed by atoms with E-state index < -0.39 is 5.60 Å². The van der Waals surface area contributed by atoms with Gasteiger partial charge in [0.1, 0.15) is 22.9 Å². The maximum atomic E-state index is 10.2. The van der Waals surface area contributed by atoms with Crippen molar-refractivity contribution in [2.75, 3.05) is 11.9 Å². The molecule has 6 rings (SSSR count). The second-order valence-corrected chi connectivity index (χ2v) is 11.0. The summed E-state index contributed by atoms with van der Waals surface area (Å²) in [6, 6.07) is 3.93. The number of pyridine rings is 1. The van der Waals surface area contributed by atoms with Crippen LogP contribution < -0.4 is 10.1 Å². The topological polar surface area (TPSA) is 134 Å². The zero-order chi connectivity index (χ0) is 28.0. The average molecular weight is 543 g/mol. The second kappa shape index (κ2) is 10.0. The molecule has 0 aromatic carbocycles. The molecule has 0 spiro atoms. The first-order valence-corrected chi connectivity index (χ1v) is 13.6. The Labute approximate surface area is 232 Å². The van der Waals surface area contributed by atoms with E-state index in [9.17, 15) is 5.11 Å². The molecule has 6 heterocycles. The number of fused-ring (bicyclic) bond motifs is 5. The van der Waals surface area contributed by atoms with E-state index in [4.69, 9.17) is 19.8 Å². The summed E-state index contributed by atoms with van der Waals surface area (Å²) in [6.45, 7) is 8.99. The van der Waals surface area contributed by atoms with Crippen molar-refractivity contribution in [3.63, 3.8) is 0 Å². The van der Waals surface area contributed by atoms with Gasteiger partial charge in [0.15, 0.2) is 5.82 Å². The minimum Gasteiger partial charge on any atom is -0.477 e. The summed E-state index contributed by atoms with van der Waals surface area (Å²) in [6.07, 6.45) is 9.45. The molecule has 1 atom stereocenters. The molecule has 5 aromatic rings. The number of hydrogen-bond donors (Lipinski definition) is 2. The lowest BCUT2D eigenvalue weighted by molar-refractivity contribution is 0.0649. The number of aromatic nitrogens is 9. The summed E-state index contributed by atoms with van der Waals surface area (Å²) in [5, 5.41) is 28.6. The number of aliphatic hydroxyl groups is 1. The molecular weight excluding hydrogens is 508 g/mol. The first kappa shape index (κ1) is 25.9. The fourth-order valence-electron chi connectivity index (χ4n) is 5.03. The minimum absolute atomic E-state index is 0.109. The molecular formula is C28H34N10O2. The number of nitrogens with zero attached hydrogens (tertiary/aromatic N) is 9. The van der Waals surface area contributed by atoms with Crippen LogP contribution >= 0.6 is 0 Å². The van der Waals surface area contributed by atoms with Gasteiger partial charge in [0.2, 0.25) is 5.88 Å². The number of ether oxygens (including phenoxy) is 1. The Kier molecular flexibility index (Phi) is 6.49. The maximum Gasteiger partial charge on any atom is 0.222 e. The molecule has 1 aliphatic heterocycles. The molecule has 1 aliphatic rings. The summed E-state index contributed by atoms with van der Waals surface area (Å²) in [5.74, 6) is 2.44. The summed E-state index contributed by atoms with van der Waals surface area (Å²) in [5.41, 5.74) is 3.75. The largest absolute Gasteiger partial charge is 0.477 e. The van der Waals surface area contributed by atoms with Gasteiger partial charge in [-0.3, -0.25) is 9.36 Å². The third-order valence-electron chi connectivity index (χ3n) is 7.35. The Bertz CT molecular complexity index is 1680. The molecule has 12 heteroatoms. The van der Waals surface area contributed by atoms with Gasteiger partial charge in [-0.05, 0) is 53.0 Å². The molecule has 2 N–H and O–H groups in total. The van der Waals surface area contributed by atoms with Crippen LogP contribution in [0.25, 0.3) is 33.5 Å². The normalized spacial score (nSPS) is 15.8. The van der Waals surface area contributed by atoms with Crippen LogP contribution in [-0.2, 0) is 13.6 Å². The highest BCUT2D eigenvalue weighted by Gasteiger charge is 2.22. The van der Waals surface area contributed by atoms with Crippen molar-refractivity contribution in [3.05, 3.63) is 42.6 Å². The van der Waals surface area contributed by atoms with Gasteiger partial charge in [-0.1, -0.05) is 0 Å². The first-order chi connectivity index (χ1) is 19.2. The molecule has 40 heavy (non-hydrogen) atoms. The number of hydrogen-bond acceptors (Lipinski definition) is 9. The Balaban J connectivity index is 1.41. The molecule has 5 aromatic heterocycles. The van der Waals surface area contributed by atoms with Gasteiger partial charge in [-0.25, -0.2) is 19.6 Å². The third kappa shape index (κ3) is 4.90. The predicted octanol–water partition coefficient (Wildman–Crippen LogP) is 4.43. The standard InChI is InChI=1S/C28H34N10O2/c1-17-7-6-12-40-27-21(16-31-36(27)5)26-29-10-8-23(34-26)33-24-13-22-20(14-30-24)25(35-38(17)22)19-15-32-37(18(19)2)11-9-28(3,4)39/h8,10,13-17,39H,6-7,9,11-12H2,1-5H3,(H,29,30,33,34). The highest BCUT2D eigenvalue weighted by Crippen LogP contribution is 2.34. The van der Waals surface area contributed by atoms with E-state index in [0.717, 1.165) is 46.3 Å². The molecule has 12 nitrogen and oxygen atoms in total. The van der Waals surface area contributed by atoms with E-state index in [1.165, 1.54) is 0 Å². The SMILES string of the molecule is Cc1c(-c2nn3c4cc(ncc24)Nc2ccnc(n2)-c2cnn(C)c2OCCCC3C)cnn1CCC(C)(C)O. The van der Waals surface area contributed by atoms with Crippen LogP contribution in [0.15, 0.2) is 36.9 Å². The minimum atomic E-state index is -0.761. The highest BCUT2D eigenvalue weighted by atomic mass is 16.5. The van der Waals surface area contributed by atoms with Crippen LogP contribution in [0, 0.1) is 6.92 Å². The first-order valence-electron chi connectivity index (χ1n) is 13.6. The molecule has 0 fully saturated rings. The molecule has 1 unspecified atom stereocenters. The lowest BCUT2D eigenvalue weighted by Gasteiger charge is -2.17. The Morgan fingerprint density at radius 1 is 1.12 bits per heavy atom. The lowest BCUT2D eigenvalue weighted by atomic mass is 10.1. The monoisotopic (exact) mass is 542 g/mol. The zero-order valence-electron chi connectivity index (χ0n) is 23.5. The number of anilines is 2. The van der Waals surface area contributed by atoms with E-state index in [2.05, 4.69) is 32.1 Å². The molecule has 0 saturated carbocycles. The summed E-state index contributed by atoms with van der Waals surface area (Å²) < 4.78 is 11.9. The van der Waals surface area contributed by atoms with Crippen LogP contribution in [0.2, 0.25) is 0 Å². The van der Waals surface area contributed by atoms with Gasteiger partial charge in [0.25, 0.3) is 0 Å². The van der Waals surface area contributed by atoms with Crippen LogP contribution in [0.5, 0.6) is 5.88 Å².